The van der Waals surface area contributed by atoms with E-state index in [9.17, 15) is 4.79 Å². The van der Waals surface area contributed by atoms with Crippen LogP contribution < -0.4 is 5.73 Å². The topological polar surface area (TPSA) is 49.6 Å². The maximum absolute atomic E-state index is 11.2. The van der Waals surface area contributed by atoms with Gasteiger partial charge < -0.3 is 15.5 Å². The van der Waals surface area contributed by atoms with Gasteiger partial charge in [0.25, 0.3) is 0 Å². The number of carbonyl (C=O) groups excluding carboxylic acids is 1. The maximum atomic E-state index is 11.2. The molecule has 0 radical (unpaired) electrons. The molecule has 1 saturated heterocycles. The van der Waals surface area contributed by atoms with E-state index in [2.05, 4.69) is 24.8 Å². The molecule has 2 atom stereocenters. The summed E-state index contributed by atoms with van der Waals surface area (Å²) in [6, 6.07) is -0.274. The van der Waals surface area contributed by atoms with Crippen molar-refractivity contribution in [3.63, 3.8) is 0 Å². The zero-order chi connectivity index (χ0) is 13.8. The SMILES string of the molecule is CC1=CCCC(C)C1CN1CCCN(C(N)=O)CC1. The molecule has 0 saturated carbocycles. The zero-order valence-electron chi connectivity index (χ0n) is 12.3. The summed E-state index contributed by atoms with van der Waals surface area (Å²) in [5.74, 6) is 1.47. The van der Waals surface area contributed by atoms with Gasteiger partial charge in [0.2, 0.25) is 0 Å². The number of urea groups is 1. The molecule has 2 N–H and O–H groups in total. The first-order valence-electron chi connectivity index (χ1n) is 7.51. The van der Waals surface area contributed by atoms with Crippen LogP contribution in [-0.2, 0) is 0 Å². The Balaban J connectivity index is 1.90. The van der Waals surface area contributed by atoms with Crippen molar-refractivity contribution in [3.05, 3.63) is 11.6 Å². The standard InChI is InChI=1S/C15H27N3O/c1-12-5-3-6-13(2)14(12)11-17-7-4-8-18(10-9-17)15(16)19/h5,13-14H,3-4,6-11H2,1-2H3,(H2,16,19). The van der Waals surface area contributed by atoms with Crippen LogP contribution in [0.5, 0.6) is 0 Å². The zero-order valence-corrected chi connectivity index (χ0v) is 12.3. The van der Waals surface area contributed by atoms with Gasteiger partial charge in [0.15, 0.2) is 0 Å². The quantitative estimate of drug-likeness (QED) is 0.777. The lowest BCUT2D eigenvalue weighted by atomic mass is 9.80. The van der Waals surface area contributed by atoms with Crippen LogP contribution in [0.3, 0.4) is 0 Å². The molecule has 108 valence electrons. The molecule has 19 heavy (non-hydrogen) atoms. The number of hydrogen-bond donors (Lipinski definition) is 1. The van der Waals surface area contributed by atoms with Crippen LogP contribution in [0.2, 0.25) is 0 Å². The number of hydrogen-bond acceptors (Lipinski definition) is 2. The molecule has 1 aliphatic carbocycles. The summed E-state index contributed by atoms with van der Waals surface area (Å²) in [6.45, 7) is 9.40. The van der Waals surface area contributed by atoms with Crippen molar-refractivity contribution in [2.45, 2.75) is 33.1 Å². The van der Waals surface area contributed by atoms with Gasteiger partial charge in [-0.05, 0) is 44.6 Å². The second-order valence-corrected chi connectivity index (χ2v) is 6.09. The van der Waals surface area contributed by atoms with Crippen molar-refractivity contribution in [2.75, 3.05) is 32.7 Å². The average Bonchev–Trinajstić information content (AvgIpc) is 2.59. The number of amides is 2. The van der Waals surface area contributed by atoms with Crippen molar-refractivity contribution in [3.8, 4) is 0 Å². The predicted octanol–water partition coefficient (Wildman–Crippen LogP) is 2.07. The summed E-state index contributed by atoms with van der Waals surface area (Å²) in [4.78, 5) is 15.5. The molecule has 2 unspecified atom stereocenters. The van der Waals surface area contributed by atoms with E-state index in [0.717, 1.165) is 45.1 Å². The molecule has 1 heterocycles. The third-order valence-corrected chi connectivity index (χ3v) is 4.72. The summed E-state index contributed by atoms with van der Waals surface area (Å²) in [7, 11) is 0. The third kappa shape index (κ3) is 3.72. The van der Waals surface area contributed by atoms with Gasteiger partial charge in [-0.15, -0.1) is 0 Å². The first-order valence-corrected chi connectivity index (χ1v) is 7.51. The van der Waals surface area contributed by atoms with Crippen LogP contribution in [-0.4, -0.2) is 48.6 Å². The number of nitrogens with two attached hydrogens (primary N) is 1. The number of carbonyl (C=O) groups is 1. The third-order valence-electron chi connectivity index (χ3n) is 4.72. The van der Waals surface area contributed by atoms with Gasteiger partial charge in [-0.3, -0.25) is 0 Å². The highest BCUT2D eigenvalue weighted by atomic mass is 16.2. The van der Waals surface area contributed by atoms with Crippen LogP contribution in [0.25, 0.3) is 0 Å². The molecule has 4 heteroatoms. The number of rotatable bonds is 2. The first-order chi connectivity index (χ1) is 9.08. The first kappa shape index (κ1) is 14.4. The molecule has 2 aliphatic rings. The van der Waals surface area contributed by atoms with Crippen LogP contribution in [0, 0.1) is 11.8 Å². The van der Waals surface area contributed by atoms with Gasteiger partial charge in [-0.2, -0.15) is 0 Å². The van der Waals surface area contributed by atoms with Crippen molar-refractivity contribution >= 4 is 6.03 Å². The molecule has 2 rings (SSSR count). The molecule has 2 amide bonds. The summed E-state index contributed by atoms with van der Waals surface area (Å²) in [5.41, 5.74) is 6.92. The highest BCUT2D eigenvalue weighted by Gasteiger charge is 2.25. The van der Waals surface area contributed by atoms with E-state index in [4.69, 9.17) is 5.73 Å². The molecule has 1 fully saturated rings. The van der Waals surface area contributed by atoms with E-state index >= 15 is 0 Å². The Kier molecular flexibility index (Phi) is 4.86. The molecule has 0 aromatic carbocycles. The van der Waals surface area contributed by atoms with Gasteiger partial charge >= 0.3 is 6.03 Å². The summed E-state index contributed by atoms with van der Waals surface area (Å²) in [6.07, 6.45) is 5.98. The fourth-order valence-corrected chi connectivity index (χ4v) is 3.35. The van der Waals surface area contributed by atoms with Crippen molar-refractivity contribution in [1.82, 2.24) is 9.80 Å². The summed E-state index contributed by atoms with van der Waals surface area (Å²) < 4.78 is 0. The molecule has 1 aliphatic heterocycles. The predicted molar refractivity (Wildman–Crippen MR) is 77.9 cm³/mol. The van der Waals surface area contributed by atoms with Gasteiger partial charge in [0, 0.05) is 26.2 Å². The van der Waals surface area contributed by atoms with Crippen LogP contribution in [0.1, 0.15) is 33.1 Å². The number of nitrogens with zero attached hydrogens (tertiary/aromatic N) is 2. The molecule has 0 aromatic rings. The minimum absolute atomic E-state index is 0.274. The molecule has 4 nitrogen and oxygen atoms in total. The molecule has 0 spiro atoms. The van der Waals surface area contributed by atoms with Crippen molar-refractivity contribution in [1.29, 1.82) is 0 Å². The number of allylic oxidation sites excluding steroid dienone is 1. The van der Waals surface area contributed by atoms with E-state index in [-0.39, 0.29) is 6.03 Å². The van der Waals surface area contributed by atoms with E-state index in [1.807, 2.05) is 0 Å². The lowest BCUT2D eigenvalue weighted by molar-refractivity contribution is 0.197. The van der Waals surface area contributed by atoms with Crippen LogP contribution >= 0.6 is 0 Å². The second-order valence-electron chi connectivity index (χ2n) is 6.09. The molecular formula is C15H27N3O. The Morgan fingerprint density at radius 2 is 2.16 bits per heavy atom. The highest BCUT2D eigenvalue weighted by molar-refractivity contribution is 5.71. The fraction of sp³-hybridized carbons (Fsp3) is 0.800. The van der Waals surface area contributed by atoms with E-state index < -0.39 is 0 Å². The summed E-state index contributed by atoms with van der Waals surface area (Å²) in [5, 5.41) is 0. The van der Waals surface area contributed by atoms with E-state index in [0.29, 0.717) is 5.92 Å². The van der Waals surface area contributed by atoms with Crippen LogP contribution in [0.15, 0.2) is 11.6 Å². The average molecular weight is 265 g/mol. The van der Waals surface area contributed by atoms with Gasteiger partial charge in [0.1, 0.15) is 0 Å². The maximum Gasteiger partial charge on any atom is 0.314 e. The lowest BCUT2D eigenvalue weighted by Crippen LogP contribution is -2.40. The van der Waals surface area contributed by atoms with Crippen LogP contribution in [0.4, 0.5) is 4.79 Å². The highest BCUT2D eigenvalue weighted by Crippen LogP contribution is 2.30. The second kappa shape index (κ2) is 6.42. The fourth-order valence-electron chi connectivity index (χ4n) is 3.35. The van der Waals surface area contributed by atoms with Gasteiger partial charge in [-0.1, -0.05) is 18.6 Å². The number of primary amides is 1. The molecular weight excluding hydrogens is 238 g/mol. The Hall–Kier alpha value is -1.03. The van der Waals surface area contributed by atoms with E-state index in [1.165, 1.54) is 12.8 Å². The Morgan fingerprint density at radius 3 is 2.84 bits per heavy atom. The van der Waals surface area contributed by atoms with Crippen molar-refractivity contribution in [2.24, 2.45) is 17.6 Å². The smallest absolute Gasteiger partial charge is 0.314 e. The molecule has 0 aromatic heterocycles. The van der Waals surface area contributed by atoms with Gasteiger partial charge in [0.05, 0.1) is 0 Å². The largest absolute Gasteiger partial charge is 0.351 e. The van der Waals surface area contributed by atoms with E-state index in [1.54, 1.807) is 10.5 Å². The normalized spacial score (nSPS) is 29.8. The van der Waals surface area contributed by atoms with Gasteiger partial charge in [-0.25, -0.2) is 4.79 Å². The lowest BCUT2D eigenvalue weighted by Gasteiger charge is -2.33. The van der Waals surface area contributed by atoms with Crippen molar-refractivity contribution < 1.29 is 4.79 Å². The molecule has 0 bridgehead atoms. The monoisotopic (exact) mass is 265 g/mol. The minimum Gasteiger partial charge on any atom is -0.351 e. The Morgan fingerprint density at radius 1 is 1.37 bits per heavy atom. The Bertz CT molecular complexity index is 353. The minimum atomic E-state index is -0.274. The Labute approximate surface area is 116 Å². The summed E-state index contributed by atoms with van der Waals surface area (Å²) >= 11 is 0.